The average Bonchev–Trinajstić information content (AvgIpc) is 2.64. The quantitative estimate of drug-likeness (QED) is 0.649. The summed E-state index contributed by atoms with van der Waals surface area (Å²) in [6, 6.07) is 18.2. The molecule has 0 bridgehead atoms. The highest BCUT2D eigenvalue weighted by Crippen LogP contribution is 2.48. The van der Waals surface area contributed by atoms with Gasteiger partial charge in [0.2, 0.25) is 0 Å². The fourth-order valence-corrected chi connectivity index (χ4v) is 2.75. The topological polar surface area (TPSA) is 0 Å². The van der Waals surface area contributed by atoms with E-state index in [-0.39, 0.29) is 0 Å². The molecule has 0 atom stereocenters. The van der Waals surface area contributed by atoms with Crippen molar-refractivity contribution in [2.24, 2.45) is 0 Å². The molecule has 84 valence electrons. The predicted octanol–water partition coefficient (Wildman–Crippen LogP) is 4.76. The largest absolute Gasteiger partial charge is 0.162 e. The van der Waals surface area contributed by atoms with Crippen LogP contribution in [0, 0.1) is 0 Å². The summed E-state index contributed by atoms with van der Waals surface area (Å²) in [4.78, 5) is 0. The molecule has 2 heteroatoms. The zero-order valence-electron chi connectivity index (χ0n) is 9.03. The molecule has 2 aromatic rings. The van der Waals surface area contributed by atoms with E-state index in [0.717, 1.165) is 22.3 Å². The fourth-order valence-electron chi connectivity index (χ4n) is 2.20. The van der Waals surface area contributed by atoms with Gasteiger partial charge in [-0.3, -0.25) is 0 Å². The molecular formula is C15H10Cl2. The molecule has 0 fully saturated rings. The summed E-state index contributed by atoms with van der Waals surface area (Å²) in [7, 11) is 0. The predicted molar refractivity (Wildman–Crippen MR) is 73.3 cm³/mol. The maximum Gasteiger partial charge on any atom is 0.162 e. The average molecular weight is 261 g/mol. The second-order valence-electron chi connectivity index (χ2n) is 4.09. The molecule has 0 heterocycles. The lowest BCUT2D eigenvalue weighted by atomic mass is 9.99. The van der Waals surface area contributed by atoms with Crippen molar-refractivity contribution < 1.29 is 0 Å². The lowest BCUT2D eigenvalue weighted by Crippen LogP contribution is -2.02. The van der Waals surface area contributed by atoms with Crippen molar-refractivity contribution in [1.82, 2.24) is 0 Å². The molecule has 0 saturated carbocycles. The van der Waals surface area contributed by atoms with Crippen LogP contribution in [0.1, 0.15) is 16.7 Å². The molecule has 17 heavy (non-hydrogen) atoms. The summed E-state index contributed by atoms with van der Waals surface area (Å²) < 4.78 is -0.915. The van der Waals surface area contributed by atoms with Gasteiger partial charge in [-0.2, -0.15) is 0 Å². The standard InChI is InChI=1S/C15H10Cl2/c16-15(17)10-13(11-6-2-1-3-7-11)12-8-4-5-9-14(12)15/h1-10H. The summed E-state index contributed by atoms with van der Waals surface area (Å²) in [5, 5.41) is 0. The minimum absolute atomic E-state index is 0.915. The molecule has 2 aromatic carbocycles. The molecule has 0 unspecified atom stereocenters. The monoisotopic (exact) mass is 260 g/mol. The van der Waals surface area contributed by atoms with Crippen LogP contribution in [0.15, 0.2) is 60.7 Å². The molecule has 1 aliphatic rings. The van der Waals surface area contributed by atoms with E-state index in [1.54, 1.807) is 0 Å². The molecule has 0 aromatic heterocycles. The van der Waals surface area contributed by atoms with E-state index in [0.29, 0.717) is 0 Å². The highest BCUT2D eigenvalue weighted by atomic mass is 35.5. The fraction of sp³-hybridized carbons (Fsp3) is 0.0667. The first-order valence-corrected chi connectivity index (χ1v) is 6.20. The van der Waals surface area contributed by atoms with Crippen molar-refractivity contribution in [2.75, 3.05) is 0 Å². The van der Waals surface area contributed by atoms with Crippen LogP contribution in [0.25, 0.3) is 5.57 Å². The number of fused-ring (bicyclic) bond motifs is 1. The SMILES string of the molecule is ClC1(Cl)C=C(c2ccccc2)c2ccccc21. The van der Waals surface area contributed by atoms with Gasteiger partial charge in [-0.1, -0.05) is 77.8 Å². The second-order valence-corrected chi connectivity index (χ2v) is 5.48. The van der Waals surface area contributed by atoms with Crippen molar-refractivity contribution >= 4 is 28.8 Å². The van der Waals surface area contributed by atoms with Crippen LogP contribution in [0.2, 0.25) is 0 Å². The van der Waals surface area contributed by atoms with Gasteiger partial charge in [0.05, 0.1) is 0 Å². The number of allylic oxidation sites excluding steroid dienone is 1. The highest BCUT2D eigenvalue weighted by Gasteiger charge is 2.34. The number of halogens is 2. The lowest BCUT2D eigenvalue weighted by molar-refractivity contribution is 1.13. The van der Waals surface area contributed by atoms with E-state index in [1.807, 2.05) is 42.5 Å². The Hall–Kier alpha value is -1.24. The highest BCUT2D eigenvalue weighted by molar-refractivity contribution is 6.50. The van der Waals surface area contributed by atoms with E-state index in [1.165, 1.54) is 0 Å². The first-order valence-electron chi connectivity index (χ1n) is 5.44. The van der Waals surface area contributed by atoms with E-state index in [4.69, 9.17) is 23.2 Å². The van der Waals surface area contributed by atoms with Gasteiger partial charge in [0.25, 0.3) is 0 Å². The minimum atomic E-state index is -0.915. The van der Waals surface area contributed by atoms with Crippen molar-refractivity contribution in [3.8, 4) is 0 Å². The molecule has 0 saturated heterocycles. The Kier molecular flexibility index (Phi) is 2.50. The van der Waals surface area contributed by atoms with E-state index in [9.17, 15) is 0 Å². The molecule has 0 nitrogen and oxygen atoms in total. The Morgan fingerprint density at radius 2 is 1.41 bits per heavy atom. The Bertz CT molecular complexity index is 583. The second kappa shape index (κ2) is 3.90. The molecule has 0 spiro atoms. The van der Waals surface area contributed by atoms with Gasteiger partial charge in [0, 0.05) is 0 Å². The molecule has 0 amide bonds. The van der Waals surface area contributed by atoms with Gasteiger partial charge >= 0.3 is 0 Å². The number of rotatable bonds is 1. The Balaban J connectivity index is 2.21. The lowest BCUT2D eigenvalue weighted by Gasteiger charge is -2.11. The first kappa shape index (κ1) is 10.9. The molecule has 0 N–H and O–H groups in total. The number of alkyl halides is 2. The molecule has 3 rings (SSSR count). The smallest absolute Gasteiger partial charge is 0.0915 e. The van der Waals surface area contributed by atoms with Gasteiger partial charge in [-0.05, 0) is 28.3 Å². The summed E-state index contributed by atoms with van der Waals surface area (Å²) >= 11 is 12.7. The van der Waals surface area contributed by atoms with Crippen molar-refractivity contribution in [1.29, 1.82) is 0 Å². The summed E-state index contributed by atoms with van der Waals surface area (Å²) in [6.07, 6.45) is 1.91. The third-order valence-corrected chi connectivity index (χ3v) is 3.61. The molecule has 0 aliphatic heterocycles. The molecule has 0 radical (unpaired) electrons. The molecule has 1 aliphatic carbocycles. The van der Waals surface area contributed by atoms with Gasteiger partial charge < -0.3 is 0 Å². The van der Waals surface area contributed by atoms with Gasteiger partial charge in [-0.25, -0.2) is 0 Å². The third-order valence-electron chi connectivity index (χ3n) is 2.99. The maximum absolute atomic E-state index is 6.33. The number of hydrogen-bond acceptors (Lipinski definition) is 0. The zero-order chi connectivity index (χ0) is 11.9. The summed E-state index contributed by atoms with van der Waals surface area (Å²) in [6.45, 7) is 0. The van der Waals surface area contributed by atoms with Crippen LogP contribution in [-0.4, -0.2) is 0 Å². The summed E-state index contributed by atoms with van der Waals surface area (Å²) in [5.74, 6) is 0. The van der Waals surface area contributed by atoms with Crippen LogP contribution in [0.3, 0.4) is 0 Å². The van der Waals surface area contributed by atoms with E-state index >= 15 is 0 Å². The number of benzene rings is 2. The van der Waals surface area contributed by atoms with E-state index < -0.39 is 4.33 Å². The summed E-state index contributed by atoms with van der Waals surface area (Å²) in [5.41, 5.74) is 4.32. The van der Waals surface area contributed by atoms with Gasteiger partial charge in [-0.15, -0.1) is 0 Å². The first-order chi connectivity index (χ1) is 8.18. The van der Waals surface area contributed by atoms with Gasteiger partial charge in [0.1, 0.15) is 0 Å². The Morgan fingerprint density at radius 1 is 0.765 bits per heavy atom. The van der Waals surface area contributed by atoms with Crippen LogP contribution in [0.5, 0.6) is 0 Å². The zero-order valence-corrected chi connectivity index (χ0v) is 10.5. The van der Waals surface area contributed by atoms with Crippen LogP contribution in [-0.2, 0) is 4.33 Å². The van der Waals surface area contributed by atoms with Crippen LogP contribution >= 0.6 is 23.2 Å². The Morgan fingerprint density at radius 3 is 2.18 bits per heavy atom. The minimum Gasteiger partial charge on any atom is -0.0915 e. The van der Waals surface area contributed by atoms with E-state index in [2.05, 4.69) is 18.2 Å². The number of hydrogen-bond donors (Lipinski definition) is 0. The normalized spacial score (nSPS) is 16.5. The van der Waals surface area contributed by atoms with Crippen LogP contribution < -0.4 is 0 Å². The van der Waals surface area contributed by atoms with Crippen molar-refractivity contribution in [2.45, 2.75) is 4.33 Å². The molecular weight excluding hydrogens is 251 g/mol. The third kappa shape index (κ3) is 1.78. The Labute approximate surface area is 110 Å². The van der Waals surface area contributed by atoms with Gasteiger partial charge in [0.15, 0.2) is 4.33 Å². The van der Waals surface area contributed by atoms with Crippen LogP contribution in [0.4, 0.5) is 0 Å². The maximum atomic E-state index is 6.33. The van der Waals surface area contributed by atoms with Crippen molar-refractivity contribution in [3.05, 3.63) is 77.4 Å². The van der Waals surface area contributed by atoms with Crippen molar-refractivity contribution in [3.63, 3.8) is 0 Å².